The highest BCUT2D eigenvalue weighted by Crippen LogP contribution is 2.36. The van der Waals surface area contributed by atoms with Gasteiger partial charge >= 0.3 is 6.03 Å². The molecule has 1 aromatic rings. The number of carbonyl (C=O) groups is 1. The molecule has 2 amide bonds. The number of ether oxygens (including phenoxy) is 3. The Labute approximate surface area is 149 Å². The van der Waals surface area contributed by atoms with E-state index in [1.165, 1.54) is 0 Å². The second kappa shape index (κ2) is 8.65. The lowest BCUT2D eigenvalue weighted by atomic mass is 9.83. The largest absolute Gasteiger partial charge is 0.382 e. The Bertz CT molecular complexity index is 544. The van der Waals surface area contributed by atoms with Gasteiger partial charge < -0.3 is 24.4 Å². The molecular formula is C19H28N2O4. The van der Waals surface area contributed by atoms with E-state index in [2.05, 4.69) is 5.32 Å². The van der Waals surface area contributed by atoms with Crippen molar-refractivity contribution >= 4 is 11.7 Å². The van der Waals surface area contributed by atoms with Crippen molar-refractivity contribution in [3.8, 4) is 0 Å². The van der Waals surface area contributed by atoms with Crippen LogP contribution in [0.3, 0.4) is 0 Å². The molecular weight excluding hydrogens is 320 g/mol. The van der Waals surface area contributed by atoms with E-state index in [-0.39, 0.29) is 17.7 Å². The van der Waals surface area contributed by atoms with Gasteiger partial charge in [-0.2, -0.15) is 0 Å². The molecule has 2 aliphatic heterocycles. The van der Waals surface area contributed by atoms with Gasteiger partial charge in [-0.15, -0.1) is 0 Å². The van der Waals surface area contributed by atoms with Crippen LogP contribution >= 0.6 is 0 Å². The van der Waals surface area contributed by atoms with Crippen LogP contribution in [-0.2, 0) is 14.2 Å². The van der Waals surface area contributed by atoms with Crippen LogP contribution in [-0.4, -0.2) is 62.7 Å². The zero-order valence-corrected chi connectivity index (χ0v) is 14.9. The summed E-state index contributed by atoms with van der Waals surface area (Å²) in [6, 6.07) is 9.53. The predicted molar refractivity (Wildman–Crippen MR) is 95.8 cm³/mol. The first-order valence-electron chi connectivity index (χ1n) is 9.06. The van der Waals surface area contributed by atoms with Crippen LogP contribution in [0.2, 0.25) is 0 Å². The van der Waals surface area contributed by atoms with Gasteiger partial charge in [0.15, 0.2) is 0 Å². The molecule has 1 atom stereocenters. The summed E-state index contributed by atoms with van der Waals surface area (Å²) < 4.78 is 17.1. The van der Waals surface area contributed by atoms with Gasteiger partial charge in [0.2, 0.25) is 0 Å². The van der Waals surface area contributed by atoms with E-state index in [1.54, 1.807) is 7.11 Å². The zero-order chi connectivity index (χ0) is 17.5. The van der Waals surface area contributed by atoms with Crippen molar-refractivity contribution in [1.82, 2.24) is 4.90 Å². The quantitative estimate of drug-likeness (QED) is 0.831. The minimum Gasteiger partial charge on any atom is -0.382 e. The van der Waals surface area contributed by atoms with E-state index in [9.17, 15) is 4.79 Å². The van der Waals surface area contributed by atoms with Crippen molar-refractivity contribution in [3.05, 3.63) is 30.3 Å². The average molecular weight is 348 g/mol. The van der Waals surface area contributed by atoms with Crippen molar-refractivity contribution in [2.75, 3.05) is 45.3 Å². The third-order valence-corrected chi connectivity index (χ3v) is 5.08. The van der Waals surface area contributed by atoms with Crippen molar-refractivity contribution in [2.24, 2.45) is 0 Å². The van der Waals surface area contributed by atoms with E-state index < -0.39 is 0 Å². The molecule has 2 saturated heterocycles. The molecule has 0 aromatic heterocycles. The lowest BCUT2D eigenvalue weighted by Gasteiger charge is -2.46. The molecule has 0 radical (unpaired) electrons. The second-order valence-electron chi connectivity index (χ2n) is 6.79. The highest BCUT2D eigenvalue weighted by molar-refractivity contribution is 5.89. The van der Waals surface area contributed by atoms with Gasteiger partial charge in [-0.3, -0.25) is 0 Å². The molecule has 2 aliphatic rings. The number of anilines is 1. The molecule has 1 N–H and O–H groups in total. The van der Waals surface area contributed by atoms with Crippen LogP contribution in [0.25, 0.3) is 0 Å². The van der Waals surface area contributed by atoms with Crippen LogP contribution in [0.5, 0.6) is 0 Å². The Balaban J connectivity index is 1.48. The summed E-state index contributed by atoms with van der Waals surface area (Å²) in [6.07, 6.45) is 3.79. The van der Waals surface area contributed by atoms with E-state index in [4.69, 9.17) is 14.2 Å². The molecule has 0 aliphatic carbocycles. The van der Waals surface area contributed by atoms with Crippen LogP contribution in [0.15, 0.2) is 30.3 Å². The Hall–Kier alpha value is -1.63. The van der Waals surface area contributed by atoms with E-state index >= 15 is 0 Å². The Morgan fingerprint density at radius 1 is 1.28 bits per heavy atom. The summed E-state index contributed by atoms with van der Waals surface area (Å²) in [4.78, 5) is 14.3. The smallest absolute Gasteiger partial charge is 0.321 e. The molecule has 138 valence electrons. The number of carbonyl (C=O) groups excluding carboxylic acids is 1. The standard InChI is InChI=1S/C19H28N2O4/c1-23-13-14-24-17-7-12-25-19(15-17)8-10-21(11-9-19)18(22)20-16-5-3-2-4-6-16/h2-6,17H,7-15H2,1H3,(H,20,22). The Morgan fingerprint density at radius 3 is 2.76 bits per heavy atom. The number of rotatable bonds is 5. The molecule has 1 spiro atoms. The minimum absolute atomic E-state index is 0.0373. The Kier molecular flexibility index (Phi) is 6.29. The first kappa shape index (κ1) is 18.2. The van der Waals surface area contributed by atoms with Crippen LogP contribution in [0.1, 0.15) is 25.7 Å². The topological polar surface area (TPSA) is 60.0 Å². The third-order valence-electron chi connectivity index (χ3n) is 5.08. The van der Waals surface area contributed by atoms with E-state index in [0.29, 0.717) is 26.3 Å². The predicted octanol–water partition coefficient (Wildman–Crippen LogP) is 2.90. The van der Waals surface area contributed by atoms with Crippen molar-refractivity contribution < 1.29 is 19.0 Å². The molecule has 0 bridgehead atoms. The van der Waals surface area contributed by atoms with Crippen molar-refractivity contribution in [1.29, 1.82) is 0 Å². The maximum absolute atomic E-state index is 12.4. The van der Waals surface area contributed by atoms with Crippen LogP contribution in [0, 0.1) is 0 Å². The van der Waals surface area contributed by atoms with E-state index in [0.717, 1.165) is 38.0 Å². The van der Waals surface area contributed by atoms with Crippen LogP contribution in [0.4, 0.5) is 10.5 Å². The number of nitrogens with one attached hydrogen (secondary N) is 1. The summed E-state index contributed by atoms with van der Waals surface area (Å²) in [5.41, 5.74) is 0.688. The summed E-state index contributed by atoms with van der Waals surface area (Å²) in [5.74, 6) is 0. The fourth-order valence-electron chi connectivity index (χ4n) is 3.61. The molecule has 0 saturated carbocycles. The number of benzene rings is 1. The monoisotopic (exact) mass is 348 g/mol. The molecule has 1 aromatic carbocycles. The summed E-state index contributed by atoms with van der Waals surface area (Å²) in [7, 11) is 1.69. The summed E-state index contributed by atoms with van der Waals surface area (Å²) in [6.45, 7) is 3.40. The number of piperidine rings is 1. The van der Waals surface area contributed by atoms with Crippen molar-refractivity contribution in [3.63, 3.8) is 0 Å². The first-order chi connectivity index (χ1) is 12.2. The highest BCUT2D eigenvalue weighted by Gasteiger charge is 2.41. The number of nitrogens with zero attached hydrogens (tertiary/aromatic N) is 1. The number of hydrogen-bond acceptors (Lipinski definition) is 4. The molecule has 2 heterocycles. The van der Waals surface area contributed by atoms with E-state index in [1.807, 2.05) is 35.2 Å². The number of urea groups is 1. The molecule has 1 unspecified atom stereocenters. The average Bonchev–Trinajstić information content (AvgIpc) is 2.63. The molecule has 25 heavy (non-hydrogen) atoms. The van der Waals surface area contributed by atoms with Gasteiger partial charge in [-0.1, -0.05) is 18.2 Å². The number of methoxy groups -OCH3 is 1. The fraction of sp³-hybridized carbons (Fsp3) is 0.632. The normalized spacial score (nSPS) is 22.8. The SMILES string of the molecule is COCCOC1CCOC2(CCN(C(=O)Nc3ccccc3)CC2)C1. The maximum atomic E-state index is 12.4. The second-order valence-corrected chi connectivity index (χ2v) is 6.79. The maximum Gasteiger partial charge on any atom is 0.321 e. The van der Waals surface area contributed by atoms with Gasteiger partial charge in [0, 0.05) is 38.9 Å². The lowest BCUT2D eigenvalue weighted by Crippen LogP contribution is -2.52. The van der Waals surface area contributed by atoms with Gasteiger partial charge in [0.05, 0.1) is 24.9 Å². The lowest BCUT2D eigenvalue weighted by molar-refractivity contribution is -0.154. The molecule has 3 rings (SSSR count). The summed E-state index contributed by atoms with van der Waals surface area (Å²) >= 11 is 0. The Morgan fingerprint density at radius 2 is 2.04 bits per heavy atom. The van der Waals surface area contributed by atoms with Gasteiger partial charge in [0.1, 0.15) is 0 Å². The zero-order valence-electron chi connectivity index (χ0n) is 14.9. The first-order valence-corrected chi connectivity index (χ1v) is 9.06. The van der Waals surface area contributed by atoms with Gasteiger partial charge in [-0.05, 0) is 31.4 Å². The van der Waals surface area contributed by atoms with Gasteiger partial charge in [0.25, 0.3) is 0 Å². The highest BCUT2D eigenvalue weighted by atomic mass is 16.5. The number of likely N-dealkylation sites (tertiary alicyclic amines) is 1. The number of amides is 2. The summed E-state index contributed by atoms with van der Waals surface area (Å²) in [5, 5.41) is 2.95. The van der Waals surface area contributed by atoms with Crippen molar-refractivity contribution in [2.45, 2.75) is 37.4 Å². The fourth-order valence-corrected chi connectivity index (χ4v) is 3.61. The molecule has 2 fully saturated rings. The number of hydrogen-bond donors (Lipinski definition) is 1. The van der Waals surface area contributed by atoms with Gasteiger partial charge in [-0.25, -0.2) is 4.79 Å². The minimum atomic E-state index is -0.139. The molecule has 6 heteroatoms. The van der Waals surface area contributed by atoms with Crippen LogP contribution < -0.4 is 5.32 Å². The molecule has 6 nitrogen and oxygen atoms in total. The number of para-hydroxylation sites is 1. The third kappa shape index (κ3) is 4.93.